The standard InChI is InChI=1S/C21H18ClNO3/c1-14-18-5-3-4-6-19(18)23(20(14)13-24)12-16(21(25)26-2)11-15-7-9-17(22)10-8-15/h3-11,13H,12H2,1-2H3/b16-11+. The largest absolute Gasteiger partial charge is 0.466 e. The summed E-state index contributed by atoms with van der Waals surface area (Å²) in [6.45, 7) is 2.14. The first-order valence-corrected chi connectivity index (χ1v) is 8.50. The summed E-state index contributed by atoms with van der Waals surface area (Å²) in [5.74, 6) is -0.438. The number of aryl methyl sites for hydroxylation is 1. The molecule has 0 saturated carbocycles. The normalized spacial score (nSPS) is 11.6. The average Bonchev–Trinajstić information content (AvgIpc) is 2.94. The third-order valence-electron chi connectivity index (χ3n) is 4.37. The number of rotatable bonds is 5. The van der Waals surface area contributed by atoms with Gasteiger partial charge in [-0.05, 0) is 42.3 Å². The Morgan fingerprint density at radius 2 is 1.85 bits per heavy atom. The van der Waals surface area contributed by atoms with Gasteiger partial charge in [0.15, 0.2) is 6.29 Å². The zero-order chi connectivity index (χ0) is 18.7. The smallest absolute Gasteiger partial charge is 0.335 e. The van der Waals surface area contributed by atoms with Gasteiger partial charge >= 0.3 is 5.97 Å². The van der Waals surface area contributed by atoms with Gasteiger partial charge < -0.3 is 9.30 Å². The molecule has 2 aromatic carbocycles. The van der Waals surface area contributed by atoms with E-state index in [0.717, 1.165) is 28.3 Å². The molecule has 4 nitrogen and oxygen atoms in total. The van der Waals surface area contributed by atoms with Crippen LogP contribution in [0.2, 0.25) is 5.02 Å². The van der Waals surface area contributed by atoms with E-state index in [1.807, 2.05) is 47.9 Å². The molecule has 0 aliphatic carbocycles. The van der Waals surface area contributed by atoms with Crippen LogP contribution >= 0.6 is 11.6 Å². The second kappa shape index (κ2) is 7.58. The summed E-state index contributed by atoms with van der Waals surface area (Å²) in [5.41, 5.74) is 3.62. The van der Waals surface area contributed by atoms with Crippen LogP contribution in [0.4, 0.5) is 0 Å². The van der Waals surface area contributed by atoms with E-state index in [1.165, 1.54) is 7.11 Å². The fourth-order valence-electron chi connectivity index (χ4n) is 3.05. The molecule has 0 amide bonds. The third-order valence-corrected chi connectivity index (χ3v) is 4.62. The number of hydrogen-bond donors (Lipinski definition) is 0. The highest BCUT2D eigenvalue weighted by Gasteiger charge is 2.17. The molecule has 0 bridgehead atoms. The molecule has 26 heavy (non-hydrogen) atoms. The Labute approximate surface area is 156 Å². The number of carbonyl (C=O) groups excluding carboxylic acids is 2. The van der Waals surface area contributed by atoms with Crippen LogP contribution in [-0.4, -0.2) is 23.9 Å². The number of esters is 1. The van der Waals surface area contributed by atoms with Crippen molar-refractivity contribution in [3.05, 3.63) is 75.9 Å². The highest BCUT2D eigenvalue weighted by atomic mass is 35.5. The molecule has 0 saturated heterocycles. The van der Waals surface area contributed by atoms with E-state index < -0.39 is 5.97 Å². The van der Waals surface area contributed by atoms with Crippen LogP contribution in [0.25, 0.3) is 17.0 Å². The van der Waals surface area contributed by atoms with E-state index in [0.29, 0.717) is 16.3 Å². The quantitative estimate of drug-likeness (QED) is 0.374. The predicted octanol–water partition coefficient (Wildman–Crippen LogP) is 4.67. The van der Waals surface area contributed by atoms with Crippen LogP contribution in [0.3, 0.4) is 0 Å². The Morgan fingerprint density at radius 3 is 2.50 bits per heavy atom. The Hall–Kier alpha value is -2.85. The zero-order valence-electron chi connectivity index (χ0n) is 14.5. The summed E-state index contributed by atoms with van der Waals surface area (Å²) in [6.07, 6.45) is 2.58. The molecule has 0 unspecified atom stereocenters. The number of methoxy groups -OCH3 is 1. The minimum atomic E-state index is -0.438. The van der Waals surface area contributed by atoms with Crippen molar-refractivity contribution in [3.63, 3.8) is 0 Å². The SMILES string of the molecule is COC(=O)/C(=C/c1ccc(Cl)cc1)Cn1c(C=O)c(C)c2ccccc21. The number of hydrogen-bond acceptors (Lipinski definition) is 3. The molecule has 1 heterocycles. The third kappa shape index (κ3) is 3.41. The van der Waals surface area contributed by atoms with Gasteiger partial charge in [0.1, 0.15) is 0 Å². The zero-order valence-corrected chi connectivity index (χ0v) is 15.3. The number of halogens is 1. The molecular formula is C21H18ClNO3. The lowest BCUT2D eigenvalue weighted by molar-refractivity contribution is -0.136. The van der Waals surface area contributed by atoms with E-state index in [9.17, 15) is 9.59 Å². The molecule has 3 aromatic rings. The highest BCUT2D eigenvalue weighted by Crippen LogP contribution is 2.26. The van der Waals surface area contributed by atoms with E-state index in [-0.39, 0.29) is 6.54 Å². The van der Waals surface area contributed by atoms with Crippen molar-refractivity contribution in [3.8, 4) is 0 Å². The molecule has 0 aliphatic heterocycles. The topological polar surface area (TPSA) is 48.3 Å². The fourth-order valence-corrected chi connectivity index (χ4v) is 3.18. The number of ether oxygens (including phenoxy) is 1. The minimum absolute atomic E-state index is 0.234. The first-order chi connectivity index (χ1) is 12.5. The van der Waals surface area contributed by atoms with E-state index >= 15 is 0 Å². The second-order valence-corrected chi connectivity index (χ2v) is 6.38. The number of nitrogens with zero attached hydrogens (tertiary/aromatic N) is 1. The first-order valence-electron chi connectivity index (χ1n) is 8.12. The molecule has 132 valence electrons. The molecule has 1 aromatic heterocycles. The van der Waals surface area contributed by atoms with Crippen LogP contribution in [0.5, 0.6) is 0 Å². The lowest BCUT2D eigenvalue weighted by Gasteiger charge is -2.11. The molecule has 0 radical (unpaired) electrons. The van der Waals surface area contributed by atoms with Crippen molar-refractivity contribution in [1.29, 1.82) is 0 Å². The molecule has 0 spiro atoms. The van der Waals surface area contributed by atoms with Gasteiger partial charge in [0, 0.05) is 15.9 Å². The number of carbonyl (C=O) groups is 2. The van der Waals surface area contributed by atoms with Gasteiger partial charge in [-0.25, -0.2) is 4.79 Å². The molecule has 0 aliphatic rings. The van der Waals surface area contributed by atoms with Crippen LogP contribution in [0.15, 0.2) is 54.1 Å². The van der Waals surface area contributed by atoms with Gasteiger partial charge in [-0.3, -0.25) is 4.79 Å². The maximum absolute atomic E-state index is 12.3. The molecule has 5 heteroatoms. The summed E-state index contributed by atoms with van der Waals surface area (Å²) in [4.78, 5) is 24.0. The second-order valence-electron chi connectivity index (χ2n) is 5.94. The van der Waals surface area contributed by atoms with Crippen molar-refractivity contribution in [2.45, 2.75) is 13.5 Å². The molecule has 3 rings (SSSR count). The number of aldehydes is 1. The predicted molar refractivity (Wildman–Crippen MR) is 104 cm³/mol. The molecule has 0 fully saturated rings. The van der Waals surface area contributed by atoms with Gasteiger partial charge in [0.2, 0.25) is 0 Å². The monoisotopic (exact) mass is 367 g/mol. The molecule has 0 atom stereocenters. The Bertz CT molecular complexity index is 1000. The van der Waals surface area contributed by atoms with Crippen LogP contribution in [0.1, 0.15) is 21.6 Å². The first kappa shape index (κ1) is 18.0. The van der Waals surface area contributed by atoms with E-state index in [4.69, 9.17) is 16.3 Å². The van der Waals surface area contributed by atoms with Gasteiger partial charge in [-0.1, -0.05) is 41.9 Å². The Balaban J connectivity index is 2.11. The number of aromatic nitrogens is 1. The van der Waals surface area contributed by atoms with Crippen molar-refractivity contribution in [1.82, 2.24) is 4.57 Å². The maximum Gasteiger partial charge on any atom is 0.335 e. The minimum Gasteiger partial charge on any atom is -0.466 e. The van der Waals surface area contributed by atoms with Gasteiger partial charge in [0.25, 0.3) is 0 Å². The van der Waals surface area contributed by atoms with E-state index in [2.05, 4.69) is 0 Å². The fraction of sp³-hybridized carbons (Fsp3) is 0.143. The summed E-state index contributed by atoms with van der Waals surface area (Å²) < 4.78 is 6.78. The number of benzene rings is 2. The van der Waals surface area contributed by atoms with Crippen LogP contribution in [0, 0.1) is 6.92 Å². The Morgan fingerprint density at radius 1 is 1.15 bits per heavy atom. The van der Waals surface area contributed by atoms with Gasteiger partial charge in [-0.2, -0.15) is 0 Å². The lowest BCUT2D eigenvalue weighted by Crippen LogP contribution is -2.13. The van der Waals surface area contributed by atoms with E-state index in [1.54, 1.807) is 18.2 Å². The van der Waals surface area contributed by atoms with Crippen LogP contribution in [-0.2, 0) is 16.1 Å². The van der Waals surface area contributed by atoms with Crippen molar-refractivity contribution in [2.75, 3.05) is 7.11 Å². The summed E-state index contributed by atoms with van der Waals surface area (Å²) >= 11 is 5.92. The highest BCUT2D eigenvalue weighted by molar-refractivity contribution is 6.30. The van der Waals surface area contributed by atoms with Crippen molar-refractivity contribution in [2.24, 2.45) is 0 Å². The number of fused-ring (bicyclic) bond motifs is 1. The van der Waals surface area contributed by atoms with Gasteiger partial charge in [-0.15, -0.1) is 0 Å². The summed E-state index contributed by atoms with van der Waals surface area (Å²) in [6, 6.07) is 14.9. The molecular weight excluding hydrogens is 350 g/mol. The van der Waals surface area contributed by atoms with Crippen molar-refractivity contribution >= 4 is 40.8 Å². The van der Waals surface area contributed by atoms with Gasteiger partial charge in [0.05, 0.1) is 24.9 Å². The summed E-state index contributed by atoms with van der Waals surface area (Å²) in [7, 11) is 1.34. The van der Waals surface area contributed by atoms with Crippen LogP contribution < -0.4 is 0 Å². The van der Waals surface area contributed by atoms with Crippen molar-refractivity contribution < 1.29 is 14.3 Å². The summed E-state index contributed by atoms with van der Waals surface area (Å²) in [5, 5.41) is 1.61. The number of para-hydroxylation sites is 1. The maximum atomic E-state index is 12.3. The Kier molecular flexibility index (Phi) is 5.24. The molecule has 0 N–H and O–H groups in total. The average molecular weight is 368 g/mol. The lowest BCUT2D eigenvalue weighted by atomic mass is 10.1.